The number of carbonyl (C=O) groups excluding carboxylic acids is 1. The van der Waals surface area contributed by atoms with Crippen molar-refractivity contribution in [1.82, 2.24) is 5.48 Å². The Morgan fingerprint density at radius 3 is 2.56 bits per heavy atom. The van der Waals surface area contributed by atoms with Crippen LogP contribution in [0.25, 0.3) is 0 Å². The summed E-state index contributed by atoms with van der Waals surface area (Å²) in [6.45, 7) is 2.13. The summed E-state index contributed by atoms with van der Waals surface area (Å²) in [7, 11) is 0. The van der Waals surface area contributed by atoms with Crippen LogP contribution in [0.5, 0.6) is 0 Å². The van der Waals surface area contributed by atoms with Crippen LogP contribution in [-0.2, 0) is 14.4 Å². The molecular formula is C11H15NO4. The van der Waals surface area contributed by atoms with E-state index in [2.05, 4.69) is 5.48 Å². The first kappa shape index (κ1) is 11.1. The molecule has 1 amide bonds. The molecule has 2 aliphatic carbocycles. The van der Waals surface area contributed by atoms with Crippen LogP contribution in [0.3, 0.4) is 0 Å². The first-order valence-electron chi connectivity index (χ1n) is 5.48. The smallest absolute Gasteiger partial charge is 0.307 e. The standard InChI is InChI=1S/C11H15NO4/c1-2-16-12-10(13)8-6-3-4-7(5-6)9(8)11(14)15/h3-4,6-9H,2,5H2,1H3,(H,12,13)(H,14,15). The highest BCUT2D eigenvalue weighted by Crippen LogP contribution is 2.48. The minimum atomic E-state index is -0.895. The van der Waals surface area contributed by atoms with Crippen LogP contribution in [0.15, 0.2) is 12.2 Å². The summed E-state index contributed by atoms with van der Waals surface area (Å²) in [6, 6.07) is 0. The van der Waals surface area contributed by atoms with Crippen molar-refractivity contribution in [1.29, 1.82) is 0 Å². The van der Waals surface area contributed by atoms with E-state index in [9.17, 15) is 9.59 Å². The second kappa shape index (κ2) is 4.25. The van der Waals surface area contributed by atoms with E-state index in [1.54, 1.807) is 6.92 Å². The molecule has 0 spiro atoms. The maximum Gasteiger partial charge on any atom is 0.307 e. The molecule has 0 saturated heterocycles. The first-order valence-corrected chi connectivity index (χ1v) is 5.48. The number of rotatable bonds is 4. The third kappa shape index (κ3) is 1.71. The fourth-order valence-corrected chi connectivity index (χ4v) is 2.73. The predicted octanol–water partition coefficient (Wildman–Crippen LogP) is 0.577. The van der Waals surface area contributed by atoms with Crippen LogP contribution in [0.1, 0.15) is 13.3 Å². The molecule has 0 heterocycles. The van der Waals surface area contributed by atoms with E-state index < -0.39 is 17.8 Å². The van der Waals surface area contributed by atoms with Crippen molar-refractivity contribution < 1.29 is 19.5 Å². The zero-order chi connectivity index (χ0) is 11.7. The lowest BCUT2D eigenvalue weighted by atomic mass is 9.82. The maximum absolute atomic E-state index is 11.8. The molecule has 5 heteroatoms. The molecule has 4 atom stereocenters. The van der Waals surface area contributed by atoms with Crippen molar-refractivity contribution in [2.24, 2.45) is 23.7 Å². The Kier molecular flexibility index (Phi) is 2.96. The van der Waals surface area contributed by atoms with Gasteiger partial charge in [-0.2, -0.15) is 0 Å². The second-order valence-electron chi connectivity index (χ2n) is 4.24. The Morgan fingerprint density at radius 2 is 2.00 bits per heavy atom. The van der Waals surface area contributed by atoms with E-state index in [0.717, 1.165) is 6.42 Å². The van der Waals surface area contributed by atoms with Crippen LogP contribution in [0.2, 0.25) is 0 Å². The third-order valence-corrected chi connectivity index (χ3v) is 3.36. The Hall–Kier alpha value is -1.36. The monoisotopic (exact) mass is 225 g/mol. The molecule has 0 aliphatic heterocycles. The van der Waals surface area contributed by atoms with E-state index in [1.807, 2.05) is 12.2 Å². The van der Waals surface area contributed by atoms with Gasteiger partial charge < -0.3 is 5.11 Å². The van der Waals surface area contributed by atoms with Crippen molar-refractivity contribution in [3.63, 3.8) is 0 Å². The van der Waals surface area contributed by atoms with Gasteiger partial charge in [0.15, 0.2) is 0 Å². The molecule has 2 N–H and O–H groups in total. The van der Waals surface area contributed by atoms with Crippen molar-refractivity contribution in [2.75, 3.05) is 6.61 Å². The number of hydrogen-bond acceptors (Lipinski definition) is 3. The Labute approximate surface area is 93.4 Å². The number of carboxylic acids is 1. The molecule has 16 heavy (non-hydrogen) atoms. The SMILES string of the molecule is CCONC(=O)C1C2C=CC(C2)C1C(=O)O. The highest BCUT2D eigenvalue weighted by molar-refractivity contribution is 5.86. The topological polar surface area (TPSA) is 75.6 Å². The molecule has 2 aliphatic rings. The van der Waals surface area contributed by atoms with Gasteiger partial charge in [-0.3, -0.25) is 14.4 Å². The second-order valence-corrected chi connectivity index (χ2v) is 4.24. The van der Waals surface area contributed by atoms with Crippen LogP contribution >= 0.6 is 0 Å². The number of hydroxylamine groups is 1. The summed E-state index contributed by atoms with van der Waals surface area (Å²) in [6.07, 6.45) is 4.62. The molecular weight excluding hydrogens is 210 g/mol. The van der Waals surface area contributed by atoms with E-state index in [1.165, 1.54) is 0 Å². The zero-order valence-corrected chi connectivity index (χ0v) is 9.05. The Balaban J connectivity index is 2.10. The highest BCUT2D eigenvalue weighted by atomic mass is 16.6. The molecule has 0 aromatic heterocycles. The van der Waals surface area contributed by atoms with E-state index in [0.29, 0.717) is 6.61 Å². The Bertz CT molecular complexity index is 339. The van der Waals surface area contributed by atoms with Gasteiger partial charge in [0.25, 0.3) is 0 Å². The molecule has 0 aromatic carbocycles. The van der Waals surface area contributed by atoms with Crippen LogP contribution < -0.4 is 5.48 Å². The van der Waals surface area contributed by atoms with E-state index >= 15 is 0 Å². The molecule has 5 nitrogen and oxygen atoms in total. The van der Waals surface area contributed by atoms with Gasteiger partial charge in [0.1, 0.15) is 0 Å². The molecule has 0 aromatic rings. The summed E-state index contributed by atoms with van der Waals surface area (Å²) >= 11 is 0. The van der Waals surface area contributed by atoms with Gasteiger partial charge in [-0.25, -0.2) is 5.48 Å². The van der Waals surface area contributed by atoms with E-state index in [-0.39, 0.29) is 17.7 Å². The fourth-order valence-electron chi connectivity index (χ4n) is 2.73. The zero-order valence-electron chi connectivity index (χ0n) is 9.05. The van der Waals surface area contributed by atoms with Gasteiger partial charge in [0.05, 0.1) is 18.4 Å². The largest absolute Gasteiger partial charge is 0.481 e. The fraction of sp³-hybridized carbons (Fsp3) is 0.636. The number of carbonyl (C=O) groups is 2. The summed E-state index contributed by atoms with van der Waals surface area (Å²) in [4.78, 5) is 27.7. The summed E-state index contributed by atoms with van der Waals surface area (Å²) in [5, 5.41) is 9.13. The first-order chi connectivity index (χ1) is 7.65. The number of nitrogens with one attached hydrogen (secondary N) is 1. The van der Waals surface area contributed by atoms with Crippen LogP contribution in [0, 0.1) is 23.7 Å². The summed E-state index contributed by atoms with van der Waals surface area (Å²) in [5.41, 5.74) is 2.31. The summed E-state index contributed by atoms with van der Waals surface area (Å²) in [5.74, 6) is -2.25. The van der Waals surface area contributed by atoms with Crippen molar-refractivity contribution in [3.05, 3.63) is 12.2 Å². The van der Waals surface area contributed by atoms with E-state index in [4.69, 9.17) is 9.94 Å². The number of hydrogen-bond donors (Lipinski definition) is 2. The van der Waals surface area contributed by atoms with Gasteiger partial charge in [-0.05, 0) is 25.2 Å². The highest BCUT2D eigenvalue weighted by Gasteiger charge is 2.51. The predicted molar refractivity (Wildman–Crippen MR) is 55.1 cm³/mol. The number of amides is 1. The molecule has 1 saturated carbocycles. The normalized spacial score (nSPS) is 35.3. The molecule has 2 bridgehead atoms. The minimum absolute atomic E-state index is 0.000114. The molecule has 4 unspecified atom stereocenters. The lowest BCUT2D eigenvalue weighted by molar-refractivity contribution is -0.151. The molecule has 2 rings (SSSR count). The lowest BCUT2D eigenvalue weighted by Gasteiger charge is -2.23. The van der Waals surface area contributed by atoms with Gasteiger partial charge >= 0.3 is 5.97 Å². The third-order valence-electron chi connectivity index (χ3n) is 3.36. The van der Waals surface area contributed by atoms with Gasteiger partial charge in [0, 0.05) is 0 Å². The van der Waals surface area contributed by atoms with Crippen molar-refractivity contribution >= 4 is 11.9 Å². The van der Waals surface area contributed by atoms with Crippen LogP contribution in [0.4, 0.5) is 0 Å². The van der Waals surface area contributed by atoms with Gasteiger partial charge in [-0.1, -0.05) is 12.2 Å². The van der Waals surface area contributed by atoms with Crippen molar-refractivity contribution in [2.45, 2.75) is 13.3 Å². The number of fused-ring (bicyclic) bond motifs is 2. The lowest BCUT2D eigenvalue weighted by Crippen LogP contribution is -2.40. The summed E-state index contributed by atoms with van der Waals surface area (Å²) < 4.78 is 0. The van der Waals surface area contributed by atoms with Crippen LogP contribution in [-0.4, -0.2) is 23.6 Å². The molecule has 0 radical (unpaired) electrons. The number of carboxylic acid groups (broad SMARTS) is 1. The quantitative estimate of drug-likeness (QED) is 0.542. The average molecular weight is 225 g/mol. The minimum Gasteiger partial charge on any atom is -0.481 e. The average Bonchev–Trinajstić information content (AvgIpc) is 2.84. The molecule has 88 valence electrons. The molecule has 1 fully saturated rings. The Morgan fingerprint density at radius 1 is 1.38 bits per heavy atom. The van der Waals surface area contributed by atoms with Gasteiger partial charge in [-0.15, -0.1) is 0 Å². The number of allylic oxidation sites excluding steroid dienone is 2. The van der Waals surface area contributed by atoms with Gasteiger partial charge in [0.2, 0.25) is 5.91 Å². The maximum atomic E-state index is 11.8. The number of aliphatic carboxylic acids is 1. The van der Waals surface area contributed by atoms with Crippen molar-refractivity contribution in [3.8, 4) is 0 Å².